The van der Waals surface area contributed by atoms with Crippen molar-refractivity contribution in [3.8, 4) is 5.75 Å². The Hall–Kier alpha value is -3.02. The van der Waals surface area contributed by atoms with Gasteiger partial charge in [-0.15, -0.1) is 0 Å². The van der Waals surface area contributed by atoms with Crippen molar-refractivity contribution in [1.82, 2.24) is 10.9 Å². The fourth-order valence-electron chi connectivity index (χ4n) is 1.87. The van der Waals surface area contributed by atoms with E-state index in [1.54, 1.807) is 49.6 Å². The normalized spacial score (nSPS) is 9.83. The van der Waals surface area contributed by atoms with Crippen LogP contribution in [0.2, 0.25) is 0 Å². The Morgan fingerprint density at radius 2 is 1.78 bits per heavy atom. The molecule has 0 atom stereocenters. The van der Waals surface area contributed by atoms with Crippen LogP contribution in [0.1, 0.15) is 21.5 Å². The maximum Gasteiger partial charge on any atom is 0.426 e. The Morgan fingerprint density at radius 3 is 2.43 bits per heavy atom. The van der Waals surface area contributed by atoms with Gasteiger partial charge < -0.3 is 9.47 Å². The molecule has 0 aromatic heterocycles. The predicted octanol–water partition coefficient (Wildman–Crippen LogP) is 2.57. The molecule has 23 heavy (non-hydrogen) atoms. The second kappa shape index (κ2) is 7.84. The summed E-state index contributed by atoms with van der Waals surface area (Å²) in [6, 6.07) is 14.2. The predicted molar refractivity (Wildman–Crippen MR) is 85.0 cm³/mol. The second-order valence-electron chi connectivity index (χ2n) is 4.87. The topological polar surface area (TPSA) is 76.7 Å². The summed E-state index contributed by atoms with van der Waals surface area (Å²) < 4.78 is 10.0. The summed E-state index contributed by atoms with van der Waals surface area (Å²) in [6.07, 6.45) is -0.734. The lowest BCUT2D eigenvalue weighted by atomic mass is 10.1. The summed E-state index contributed by atoms with van der Waals surface area (Å²) in [5, 5.41) is 0. The lowest BCUT2D eigenvalue weighted by Crippen LogP contribution is -2.41. The largest absolute Gasteiger partial charge is 0.497 e. The van der Waals surface area contributed by atoms with Crippen molar-refractivity contribution < 1.29 is 19.1 Å². The van der Waals surface area contributed by atoms with E-state index in [0.717, 1.165) is 16.9 Å². The highest BCUT2D eigenvalue weighted by molar-refractivity contribution is 5.95. The highest BCUT2D eigenvalue weighted by Crippen LogP contribution is 2.11. The zero-order valence-corrected chi connectivity index (χ0v) is 13.0. The summed E-state index contributed by atoms with van der Waals surface area (Å²) >= 11 is 0. The minimum Gasteiger partial charge on any atom is -0.497 e. The van der Waals surface area contributed by atoms with Gasteiger partial charge in [-0.1, -0.05) is 29.8 Å². The highest BCUT2D eigenvalue weighted by atomic mass is 16.6. The van der Waals surface area contributed by atoms with E-state index in [0.29, 0.717) is 5.56 Å². The molecule has 2 aromatic carbocycles. The fourth-order valence-corrected chi connectivity index (χ4v) is 1.87. The third-order valence-corrected chi connectivity index (χ3v) is 3.09. The zero-order chi connectivity index (χ0) is 16.7. The van der Waals surface area contributed by atoms with Crippen LogP contribution in [0.25, 0.3) is 0 Å². The first-order chi connectivity index (χ1) is 11.1. The summed E-state index contributed by atoms with van der Waals surface area (Å²) in [7, 11) is 1.58. The number of benzene rings is 2. The number of amides is 2. The van der Waals surface area contributed by atoms with Crippen LogP contribution in [0, 0.1) is 6.92 Å². The average molecular weight is 314 g/mol. The molecule has 2 amide bonds. The van der Waals surface area contributed by atoms with E-state index in [1.807, 2.05) is 13.0 Å². The van der Waals surface area contributed by atoms with Gasteiger partial charge in [0.1, 0.15) is 12.4 Å². The Labute approximate surface area is 134 Å². The lowest BCUT2D eigenvalue weighted by molar-refractivity contribution is 0.0905. The summed E-state index contributed by atoms with van der Waals surface area (Å²) in [6.45, 7) is 1.98. The van der Waals surface area contributed by atoms with Crippen molar-refractivity contribution in [2.45, 2.75) is 13.5 Å². The maximum atomic E-state index is 11.9. The van der Waals surface area contributed by atoms with Gasteiger partial charge in [0, 0.05) is 5.56 Å². The number of hydrazine groups is 1. The van der Waals surface area contributed by atoms with Gasteiger partial charge in [-0.25, -0.2) is 10.2 Å². The quantitative estimate of drug-likeness (QED) is 0.850. The van der Waals surface area contributed by atoms with Crippen molar-refractivity contribution in [2.24, 2.45) is 0 Å². The number of methoxy groups -OCH3 is 1. The molecule has 0 unspecified atom stereocenters. The first kappa shape index (κ1) is 16.4. The number of hydrogen-bond donors (Lipinski definition) is 2. The minimum atomic E-state index is -0.734. The molecule has 0 aliphatic heterocycles. The van der Waals surface area contributed by atoms with Crippen molar-refractivity contribution >= 4 is 12.0 Å². The Balaban J connectivity index is 1.77. The summed E-state index contributed by atoms with van der Waals surface area (Å²) in [5.41, 5.74) is 6.73. The van der Waals surface area contributed by atoms with Crippen LogP contribution in [0.3, 0.4) is 0 Å². The SMILES string of the molecule is COc1ccc(COC(=O)NNC(=O)c2cccc(C)c2)cc1. The van der Waals surface area contributed by atoms with Gasteiger partial charge >= 0.3 is 6.09 Å². The Bertz CT molecular complexity index is 683. The molecule has 2 aromatic rings. The minimum absolute atomic E-state index is 0.0934. The van der Waals surface area contributed by atoms with Crippen LogP contribution in [0.15, 0.2) is 48.5 Å². The van der Waals surface area contributed by atoms with Crippen LogP contribution in [-0.4, -0.2) is 19.1 Å². The molecule has 0 saturated heterocycles. The van der Waals surface area contributed by atoms with E-state index in [4.69, 9.17) is 9.47 Å². The number of rotatable bonds is 4. The van der Waals surface area contributed by atoms with E-state index in [2.05, 4.69) is 10.9 Å². The molecule has 0 aliphatic carbocycles. The molecule has 6 heteroatoms. The van der Waals surface area contributed by atoms with Gasteiger partial charge in [0.2, 0.25) is 0 Å². The third-order valence-electron chi connectivity index (χ3n) is 3.09. The number of carbonyl (C=O) groups excluding carboxylic acids is 2. The zero-order valence-electron chi connectivity index (χ0n) is 13.0. The van der Waals surface area contributed by atoms with Crippen LogP contribution in [0.4, 0.5) is 4.79 Å². The molecule has 6 nitrogen and oxygen atoms in total. The van der Waals surface area contributed by atoms with Crippen LogP contribution in [-0.2, 0) is 11.3 Å². The molecule has 2 N–H and O–H groups in total. The van der Waals surface area contributed by atoms with E-state index in [-0.39, 0.29) is 6.61 Å². The van der Waals surface area contributed by atoms with Crippen molar-refractivity contribution in [2.75, 3.05) is 7.11 Å². The molecule has 2 rings (SSSR count). The molecule has 0 aliphatic rings. The number of aryl methyl sites for hydroxylation is 1. The van der Waals surface area contributed by atoms with Crippen LogP contribution < -0.4 is 15.6 Å². The number of nitrogens with one attached hydrogen (secondary N) is 2. The molecule has 0 bridgehead atoms. The summed E-state index contributed by atoms with van der Waals surface area (Å²) in [5.74, 6) is 0.318. The Kier molecular flexibility index (Phi) is 5.57. The third kappa shape index (κ3) is 5.03. The van der Waals surface area contributed by atoms with E-state index >= 15 is 0 Å². The lowest BCUT2D eigenvalue weighted by Gasteiger charge is -2.09. The average Bonchev–Trinajstić information content (AvgIpc) is 2.58. The van der Waals surface area contributed by atoms with E-state index in [9.17, 15) is 9.59 Å². The smallest absolute Gasteiger partial charge is 0.426 e. The van der Waals surface area contributed by atoms with Crippen molar-refractivity contribution in [3.05, 3.63) is 65.2 Å². The summed E-state index contributed by atoms with van der Waals surface area (Å²) in [4.78, 5) is 23.4. The molecule has 0 saturated carbocycles. The van der Waals surface area contributed by atoms with E-state index in [1.165, 1.54) is 0 Å². The number of carbonyl (C=O) groups is 2. The second-order valence-corrected chi connectivity index (χ2v) is 4.87. The molecule has 120 valence electrons. The first-order valence-electron chi connectivity index (χ1n) is 7.01. The van der Waals surface area contributed by atoms with Gasteiger partial charge in [-0.3, -0.25) is 10.2 Å². The fraction of sp³-hybridized carbons (Fsp3) is 0.176. The molecular formula is C17H18N2O4. The van der Waals surface area contributed by atoms with Crippen LogP contribution >= 0.6 is 0 Å². The van der Waals surface area contributed by atoms with Gasteiger partial charge in [0.25, 0.3) is 5.91 Å². The number of hydrogen-bond acceptors (Lipinski definition) is 4. The van der Waals surface area contributed by atoms with Crippen molar-refractivity contribution in [1.29, 1.82) is 0 Å². The monoisotopic (exact) mass is 314 g/mol. The van der Waals surface area contributed by atoms with E-state index < -0.39 is 12.0 Å². The number of ether oxygens (including phenoxy) is 2. The van der Waals surface area contributed by atoms with Crippen LogP contribution in [0.5, 0.6) is 5.75 Å². The van der Waals surface area contributed by atoms with Gasteiger partial charge in [-0.05, 0) is 36.8 Å². The van der Waals surface area contributed by atoms with Gasteiger partial charge in [-0.2, -0.15) is 0 Å². The standard InChI is InChI=1S/C17H18N2O4/c1-12-4-3-5-14(10-12)16(20)18-19-17(21)23-11-13-6-8-15(22-2)9-7-13/h3-10H,11H2,1-2H3,(H,18,20)(H,19,21). The molecular weight excluding hydrogens is 296 g/mol. The highest BCUT2D eigenvalue weighted by Gasteiger charge is 2.08. The van der Waals surface area contributed by atoms with Gasteiger partial charge in [0.15, 0.2) is 0 Å². The molecule has 0 spiro atoms. The molecule has 0 radical (unpaired) electrons. The molecule has 0 fully saturated rings. The van der Waals surface area contributed by atoms with Gasteiger partial charge in [0.05, 0.1) is 7.11 Å². The molecule has 0 heterocycles. The first-order valence-corrected chi connectivity index (χ1v) is 7.01. The Morgan fingerprint density at radius 1 is 1.04 bits per heavy atom. The maximum absolute atomic E-state index is 11.9. The van der Waals surface area contributed by atoms with Crippen molar-refractivity contribution in [3.63, 3.8) is 0 Å².